The number of aromatic nitrogens is 2. The van der Waals surface area contributed by atoms with Crippen molar-refractivity contribution in [1.82, 2.24) is 15.0 Å². The summed E-state index contributed by atoms with van der Waals surface area (Å²) in [5.41, 5.74) is 0.789. The van der Waals surface area contributed by atoms with Crippen molar-refractivity contribution < 1.29 is 22.5 Å². The molecule has 1 heterocycles. The van der Waals surface area contributed by atoms with Gasteiger partial charge in [-0.1, -0.05) is 17.3 Å². The van der Waals surface area contributed by atoms with Gasteiger partial charge in [0.25, 0.3) is 5.91 Å². The van der Waals surface area contributed by atoms with Crippen LogP contribution >= 0.6 is 0 Å². The first-order chi connectivity index (χ1) is 10.7. The van der Waals surface area contributed by atoms with Crippen LogP contribution in [0.15, 0.2) is 28.8 Å². The Hall–Kier alpha value is -2.38. The predicted octanol–water partition coefficient (Wildman–Crippen LogP) is 3.63. The summed E-state index contributed by atoms with van der Waals surface area (Å²) >= 11 is 0. The summed E-state index contributed by atoms with van der Waals surface area (Å²) in [5, 5.41) is 3.31. The zero-order valence-electron chi connectivity index (χ0n) is 12.9. The van der Waals surface area contributed by atoms with Gasteiger partial charge >= 0.3 is 12.1 Å². The van der Waals surface area contributed by atoms with E-state index in [1.54, 1.807) is 4.90 Å². The monoisotopic (exact) mass is 327 g/mol. The third-order valence-corrected chi connectivity index (χ3v) is 3.28. The highest BCUT2D eigenvalue weighted by Crippen LogP contribution is 2.29. The summed E-state index contributed by atoms with van der Waals surface area (Å²) in [6.45, 7) is 6.27. The van der Waals surface area contributed by atoms with Gasteiger partial charge in [-0.25, -0.2) is 0 Å². The number of nitrogens with zero attached hydrogens (tertiary/aromatic N) is 3. The fraction of sp³-hybridized carbons (Fsp3) is 0.400. The summed E-state index contributed by atoms with van der Waals surface area (Å²) in [4.78, 5) is 17.3. The van der Waals surface area contributed by atoms with Crippen molar-refractivity contribution in [1.29, 1.82) is 0 Å². The molecular weight excluding hydrogens is 311 g/mol. The zero-order valence-corrected chi connectivity index (χ0v) is 12.9. The van der Waals surface area contributed by atoms with Gasteiger partial charge in [0, 0.05) is 23.7 Å². The standard InChI is InChI=1S/C15H16F3N3O2/c1-4-21(9(2)3)13(22)11-7-5-10(6-8-11)12-19-14(23-20-12)15(16,17)18/h5-9H,4H2,1-3H3. The first-order valence-corrected chi connectivity index (χ1v) is 7.06. The summed E-state index contributed by atoms with van der Waals surface area (Å²) in [7, 11) is 0. The van der Waals surface area contributed by atoms with Crippen LogP contribution in [0.25, 0.3) is 11.4 Å². The number of amides is 1. The van der Waals surface area contributed by atoms with Gasteiger partial charge in [0.1, 0.15) is 0 Å². The average molecular weight is 327 g/mol. The molecule has 0 N–H and O–H groups in total. The third-order valence-electron chi connectivity index (χ3n) is 3.28. The van der Waals surface area contributed by atoms with Gasteiger partial charge in [-0.05, 0) is 32.9 Å². The molecule has 0 fully saturated rings. The molecule has 0 spiro atoms. The Kier molecular flexibility index (Phi) is 4.72. The first-order valence-electron chi connectivity index (χ1n) is 7.06. The highest BCUT2D eigenvalue weighted by Gasteiger charge is 2.38. The Morgan fingerprint density at radius 3 is 2.30 bits per heavy atom. The number of benzene rings is 1. The second-order valence-electron chi connectivity index (χ2n) is 5.18. The SMILES string of the molecule is CCN(C(=O)c1ccc(-c2noc(C(F)(F)F)n2)cc1)C(C)C. The van der Waals surface area contributed by atoms with E-state index in [9.17, 15) is 18.0 Å². The van der Waals surface area contributed by atoms with E-state index < -0.39 is 12.1 Å². The number of carbonyl (C=O) groups excluding carboxylic acids is 1. The molecule has 5 nitrogen and oxygen atoms in total. The van der Waals surface area contributed by atoms with Gasteiger partial charge in [-0.3, -0.25) is 4.79 Å². The van der Waals surface area contributed by atoms with Crippen molar-refractivity contribution in [2.75, 3.05) is 6.54 Å². The van der Waals surface area contributed by atoms with Gasteiger partial charge in [0.15, 0.2) is 0 Å². The molecular formula is C15H16F3N3O2. The zero-order chi connectivity index (χ0) is 17.2. The molecule has 0 aliphatic carbocycles. The molecule has 0 radical (unpaired) electrons. The predicted molar refractivity (Wildman–Crippen MR) is 76.6 cm³/mol. The van der Waals surface area contributed by atoms with Gasteiger partial charge < -0.3 is 9.42 Å². The fourth-order valence-electron chi connectivity index (χ4n) is 2.13. The lowest BCUT2D eigenvalue weighted by Gasteiger charge is -2.25. The molecule has 0 aliphatic heterocycles. The average Bonchev–Trinajstić information content (AvgIpc) is 2.97. The smallest absolute Gasteiger partial charge is 0.337 e. The molecule has 0 bridgehead atoms. The van der Waals surface area contributed by atoms with E-state index in [0.717, 1.165) is 0 Å². The van der Waals surface area contributed by atoms with Gasteiger partial charge in [0.05, 0.1) is 0 Å². The molecule has 1 amide bonds. The Morgan fingerprint density at radius 1 is 1.26 bits per heavy atom. The maximum atomic E-state index is 12.4. The van der Waals surface area contributed by atoms with Crippen molar-refractivity contribution in [2.24, 2.45) is 0 Å². The quantitative estimate of drug-likeness (QED) is 0.860. The van der Waals surface area contributed by atoms with Crippen LogP contribution in [0.3, 0.4) is 0 Å². The minimum Gasteiger partial charge on any atom is -0.337 e. The molecule has 2 rings (SSSR count). The minimum absolute atomic E-state index is 0.0544. The van der Waals surface area contributed by atoms with Crippen LogP contribution < -0.4 is 0 Å². The van der Waals surface area contributed by atoms with Crippen LogP contribution in [-0.2, 0) is 6.18 Å². The van der Waals surface area contributed by atoms with Crippen molar-refractivity contribution in [3.05, 3.63) is 35.7 Å². The maximum Gasteiger partial charge on any atom is 0.471 e. The summed E-state index contributed by atoms with van der Waals surface area (Å²) in [5.74, 6) is -1.71. The molecule has 0 atom stereocenters. The fourth-order valence-corrected chi connectivity index (χ4v) is 2.13. The number of alkyl halides is 3. The van der Waals surface area contributed by atoms with Gasteiger partial charge in [-0.2, -0.15) is 18.2 Å². The molecule has 1 aromatic carbocycles. The summed E-state index contributed by atoms with van der Waals surface area (Å²) in [6.07, 6.45) is -4.68. The van der Waals surface area contributed by atoms with Crippen LogP contribution in [-0.4, -0.2) is 33.5 Å². The second kappa shape index (κ2) is 6.39. The molecule has 124 valence electrons. The molecule has 1 aromatic heterocycles. The second-order valence-corrected chi connectivity index (χ2v) is 5.18. The molecule has 0 aliphatic rings. The Bertz CT molecular complexity index is 678. The van der Waals surface area contributed by atoms with Crippen LogP contribution in [0.1, 0.15) is 37.0 Å². The molecule has 0 unspecified atom stereocenters. The van der Waals surface area contributed by atoms with Crippen molar-refractivity contribution >= 4 is 5.91 Å². The number of carbonyl (C=O) groups is 1. The van der Waals surface area contributed by atoms with E-state index in [2.05, 4.69) is 14.7 Å². The lowest BCUT2D eigenvalue weighted by molar-refractivity contribution is -0.159. The molecule has 0 saturated carbocycles. The van der Waals surface area contributed by atoms with Crippen LogP contribution in [0.4, 0.5) is 13.2 Å². The topological polar surface area (TPSA) is 59.2 Å². The first kappa shape index (κ1) is 17.0. The number of halogens is 3. The third kappa shape index (κ3) is 3.69. The Balaban J connectivity index is 2.23. The van der Waals surface area contributed by atoms with Gasteiger partial charge in [0.2, 0.25) is 5.82 Å². The normalized spacial score (nSPS) is 11.8. The van der Waals surface area contributed by atoms with E-state index in [-0.39, 0.29) is 17.8 Å². The van der Waals surface area contributed by atoms with Crippen LogP contribution in [0, 0.1) is 0 Å². The highest BCUT2D eigenvalue weighted by atomic mass is 19.4. The summed E-state index contributed by atoms with van der Waals surface area (Å²) < 4.78 is 41.5. The Labute approximate surface area is 131 Å². The summed E-state index contributed by atoms with van der Waals surface area (Å²) in [6, 6.07) is 6.11. The molecule has 23 heavy (non-hydrogen) atoms. The lowest BCUT2D eigenvalue weighted by Crippen LogP contribution is -2.36. The lowest BCUT2D eigenvalue weighted by atomic mass is 10.1. The Morgan fingerprint density at radius 2 is 1.87 bits per heavy atom. The van der Waals surface area contributed by atoms with Crippen LogP contribution in [0.2, 0.25) is 0 Å². The molecule has 2 aromatic rings. The van der Waals surface area contributed by atoms with Crippen molar-refractivity contribution in [3.8, 4) is 11.4 Å². The van der Waals surface area contributed by atoms with Crippen molar-refractivity contribution in [2.45, 2.75) is 33.0 Å². The maximum absolute atomic E-state index is 12.4. The van der Waals surface area contributed by atoms with E-state index in [1.165, 1.54) is 24.3 Å². The van der Waals surface area contributed by atoms with E-state index in [4.69, 9.17) is 0 Å². The van der Waals surface area contributed by atoms with E-state index in [0.29, 0.717) is 17.7 Å². The number of hydrogen-bond donors (Lipinski definition) is 0. The van der Waals surface area contributed by atoms with E-state index in [1.807, 2.05) is 20.8 Å². The highest BCUT2D eigenvalue weighted by molar-refractivity contribution is 5.94. The van der Waals surface area contributed by atoms with Crippen molar-refractivity contribution in [3.63, 3.8) is 0 Å². The largest absolute Gasteiger partial charge is 0.471 e. The van der Waals surface area contributed by atoms with Gasteiger partial charge in [-0.15, -0.1) is 0 Å². The van der Waals surface area contributed by atoms with E-state index >= 15 is 0 Å². The van der Waals surface area contributed by atoms with Crippen LogP contribution in [0.5, 0.6) is 0 Å². The molecule has 8 heteroatoms. The molecule has 0 saturated heterocycles. The number of hydrogen-bond acceptors (Lipinski definition) is 4. The number of rotatable bonds is 4. The minimum atomic E-state index is -4.68.